The van der Waals surface area contributed by atoms with Crippen LogP contribution in [0, 0.1) is 5.41 Å². The van der Waals surface area contributed by atoms with E-state index in [0.29, 0.717) is 13.1 Å². The van der Waals surface area contributed by atoms with Gasteiger partial charge in [-0.05, 0) is 31.4 Å². The molecule has 0 atom stereocenters. The van der Waals surface area contributed by atoms with E-state index in [0.717, 1.165) is 54.3 Å². The molecule has 0 radical (unpaired) electrons. The van der Waals surface area contributed by atoms with Crippen LogP contribution in [0.1, 0.15) is 50.1 Å². The maximum atomic E-state index is 12.9. The van der Waals surface area contributed by atoms with Gasteiger partial charge in [0.15, 0.2) is 5.82 Å². The maximum Gasteiger partial charge on any atom is 0.228 e. The number of anilines is 2. The van der Waals surface area contributed by atoms with Crippen molar-refractivity contribution < 1.29 is 4.79 Å². The van der Waals surface area contributed by atoms with Crippen molar-refractivity contribution in [2.24, 2.45) is 5.41 Å². The zero-order chi connectivity index (χ0) is 16.7. The summed E-state index contributed by atoms with van der Waals surface area (Å²) in [6.07, 6.45) is 3.91. The number of hydrogen-bond donors (Lipinski definition) is 2. The molecule has 4 bridgehead atoms. The summed E-state index contributed by atoms with van der Waals surface area (Å²) < 4.78 is 0. The van der Waals surface area contributed by atoms with Gasteiger partial charge in [0.25, 0.3) is 0 Å². The van der Waals surface area contributed by atoms with Crippen molar-refractivity contribution in [3.63, 3.8) is 0 Å². The van der Waals surface area contributed by atoms with Gasteiger partial charge in [-0.15, -0.1) is 0 Å². The average molecular weight is 325 g/mol. The standard InChI is InChI=1S/C18H23N5O/c1-18(2)9-4-3-6-12-7-5-8-15(19-12)20-16-13-10-23(17(18)24)11-14(13)21-22-16/h5,7-8H,3-4,6,9-11H2,1-2H3,(H2,19,20,21,22). The fourth-order valence-corrected chi connectivity index (χ4v) is 3.60. The van der Waals surface area contributed by atoms with Gasteiger partial charge in [0, 0.05) is 16.7 Å². The Labute approximate surface area is 141 Å². The van der Waals surface area contributed by atoms with Gasteiger partial charge in [0.1, 0.15) is 5.82 Å². The number of carbonyl (C=O) groups excluding carboxylic acids is 1. The lowest BCUT2D eigenvalue weighted by atomic mass is 9.85. The number of aryl methyl sites for hydroxylation is 1. The number of aromatic nitrogens is 3. The van der Waals surface area contributed by atoms with Crippen molar-refractivity contribution in [2.45, 2.75) is 52.6 Å². The molecular weight excluding hydrogens is 302 g/mol. The fourth-order valence-electron chi connectivity index (χ4n) is 3.60. The van der Waals surface area contributed by atoms with Crippen LogP contribution in [0.2, 0.25) is 0 Å². The molecule has 0 aliphatic carbocycles. The van der Waals surface area contributed by atoms with Crippen LogP contribution < -0.4 is 5.32 Å². The molecule has 2 aliphatic rings. The second kappa shape index (κ2) is 5.61. The molecule has 4 heterocycles. The topological polar surface area (TPSA) is 73.9 Å². The molecule has 0 saturated carbocycles. The molecule has 126 valence electrons. The van der Waals surface area contributed by atoms with Gasteiger partial charge < -0.3 is 10.2 Å². The van der Waals surface area contributed by atoms with Crippen LogP contribution >= 0.6 is 0 Å². The zero-order valence-corrected chi connectivity index (χ0v) is 14.2. The smallest absolute Gasteiger partial charge is 0.228 e. The molecule has 6 heteroatoms. The second-order valence-electron chi connectivity index (χ2n) is 7.42. The fraction of sp³-hybridized carbons (Fsp3) is 0.500. The molecule has 24 heavy (non-hydrogen) atoms. The van der Waals surface area contributed by atoms with E-state index in [2.05, 4.69) is 40.4 Å². The molecule has 4 rings (SSSR count). The average Bonchev–Trinajstić information content (AvgIpc) is 3.12. The highest BCUT2D eigenvalue weighted by atomic mass is 16.2. The van der Waals surface area contributed by atoms with Gasteiger partial charge in [-0.1, -0.05) is 26.3 Å². The van der Waals surface area contributed by atoms with Crippen LogP contribution in [0.3, 0.4) is 0 Å². The lowest BCUT2D eigenvalue weighted by molar-refractivity contribution is -0.141. The quantitative estimate of drug-likeness (QED) is 0.780. The molecule has 2 aliphatic heterocycles. The summed E-state index contributed by atoms with van der Waals surface area (Å²) in [5.41, 5.74) is 2.84. The van der Waals surface area contributed by atoms with Gasteiger partial charge in [-0.3, -0.25) is 9.89 Å². The minimum absolute atomic E-state index is 0.228. The summed E-state index contributed by atoms with van der Waals surface area (Å²) in [6.45, 7) is 5.34. The van der Waals surface area contributed by atoms with Crippen molar-refractivity contribution in [1.82, 2.24) is 20.1 Å². The van der Waals surface area contributed by atoms with E-state index in [1.807, 2.05) is 17.0 Å². The van der Waals surface area contributed by atoms with Crippen LogP contribution in [0.15, 0.2) is 18.2 Å². The number of amides is 1. The van der Waals surface area contributed by atoms with Gasteiger partial charge >= 0.3 is 0 Å². The molecule has 6 nitrogen and oxygen atoms in total. The monoisotopic (exact) mass is 325 g/mol. The molecular formula is C18H23N5O. The van der Waals surface area contributed by atoms with E-state index < -0.39 is 0 Å². The predicted octanol–water partition coefficient (Wildman–Crippen LogP) is 3.14. The molecule has 2 aromatic rings. The zero-order valence-electron chi connectivity index (χ0n) is 14.2. The van der Waals surface area contributed by atoms with Crippen molar-refractivity contribution in [3.05, 3.63) is 35.2 Å². The molecule has 0 spiro atoms. The molecule has 1 amide bonds. The van der Waals surface area contributed by atoms with Crippen LogP contribution in [0.4, 0.5) is 11.6 Å². The van der Waals surface area contributed by atoms with E-state index >= 15 is 0 Å². The number of nitrogens with zero attached hydrogens (tertiary/aromatic N) is 3. The Hall–Kier alpha value is -2.37. The normalized spacial score (nSPS) is 19.8. The Morgan fingerprint density at radius 2 is 2.08 bits per heavy atom. The first-order chi connectivity index (χ1) is 11.5. The highest BCUT2D eigenvalue weighted by molar-refractivity contribution is 5.82. The molecule has 0 fully saturated rings. The Morgan fingerprint density at radius 1 is 1.21 bits per heavy atom. The van der Waals surface area contributed by atoms with Crippen LogP contribution in [0.5, 0.6) is 0 Å². The molecule has 2 N–H and O–H groups in total. The summed E-state index contributed by atoms with van der Waals surface area (Å²) in [5, 5.41) is 10.7. The van der Waals surface area contributed by atoms with Crippen LogP contribution in [-0.2, 0) is 24.3 Å². The van der Waals surface area contributed by atoms with Crippen molar-refractivity contribution in [3.8, 4) is 0 Å². The van der Waals surface area contributed by atoms with Crippen molar-refractivity contribution >= 4 is 17.5 Å². The first-order valence-electron chi connectivity index (χ1n) is 8.61. The Bertz CT molecular complexity index is 779. The number of aromatic amines is 1. The van der Waals surface area contributed by atoms with E-state index in [9.17, 15) is 4.79 Å². The Morgan fingerprint density at radius 3 is 2.96 bits per heavy atom. The minimum Gasteiger partial charge on any atom is -0.332 e. The number of carbonyl (C=O) groups is 1. The lowest BCUT2D eigenvalue weighted by Crippen LogP contribution is -2.38. The van der Waals surface area contributed by atoms with Crippen molar-refractivity contribution in [2.75, 3.05) is 5.32 Å². The Balaban J connectivity index is 1.70. The summed E-state index contributed by atoms with van der Waals surface area (Å²) in [6, 6.07) is 6.05. The van der Waals surface area contributed by atoms with Crippen molar-refractivity contribution in [1.29, 1.82) is 0 Å². The third-order valence-corrected chi connectivity index (χ3v) is 5.05. The SMILES string of the molecule is CC1(C)CCCCc2cccc(n2)Nc2n[nH]c3c2CN(C3)C1=O. The predicted molar refractivity (Wildman–Crippen MR) is 91.7 cm³/mol. The number of hydrogen-bond acceptors (Lipinski definition) is 4. The first-order valence-corrected chi connectivity index (χ1v) is 8.61. The molecule has 2 aromatic heterocycles. The third-order valence-electron chi connectivity index (χ3n) is 5.05. The largest absolute Gasteiger partial charge is 0.332 e. The molecule has 0 saturated heterocycles. The number of pyridine rings is 1. The molecule has 0 aromatic carbocycles. The van der Waals surface area contributed by atoms with E-state index in [1.54, 1.807) is 0 Å². The number of rotatable bonds is 0. The highest BCUT2D eigenvalue weighted by Gasteiger charge is 2.36. The maximum absolute atomic E-state index is 12.9. The summed E-state index contributed by atoms with van der Waals surface area (Å²) in [5.74, 6) is 1.82. The Kier molecular flexibility index (Phi) is 3.55. The van der Waals surface area contributed by atoms with Crippen LogP contribution in [0.25, 0.3) is 0 Å². The summed E-state index contributed by atoms with van der Waals surface area (Å²) >= 11 is 0. The van der Waals surface area contributed by atoms with E-state index in [-0.39, 0.29) is 11.3 Å². The number of fused-ring (bicyclic) bond motifs is 3. The molecule has 0 unspecified atom stereocenters. The van der Waals surface area contributed by atoms with E-state index in [1.165, 1.54) is 0 Å². The van der Waals surface area contributed by atoms with Gasteiger partial charge in [0.05, 0.1) is 18.8 Å². The van der Waals surface area contributed by atoms with Crippen LogP contribution in [-0.4, -0.2) is 26.0 Å². The second-order valence-corrected chi connectivity index (χ2v) is 7.42. The minimum atomic E-state index is -0.329. The number of H-pyrrole nitrogens is 1. The summed E-state index contributed by atoms with van der Waals surface area (Å²) in [4.78, 5) is 19.6. The number of nitrogens with one attached hydrogen (secondary N) is 2. The van der Waals surface area contributed by atoms with Gasteiger partial charge in [-0.25, -0.2) is 4.98 Å². The summed E-state index contributed by atoms with van der Waals surface area (Å²) in [7, 11) is 0. The lowest BCUT2D eigenvalue weighted by Gasteiger charge is -2.29. The third kappa shape index (κ3) is 2.66. The first kappa shape index (κ1) is 15.2. The van der Waals surface area contributed by atoms with Gasteiger partial charge in [-0.2, -0.15) is 5.10 Å². The van der Waals surface area contributed by atoms with Gasteiger partial charge in [0.2, 0.25) is 5.91 Å². The van der Waals surface area contributed by atoms with E-state index in [4.69, 9.17) is 0 Å². The highest BCUT2D eigenvalue weighted by Crippen LogP contribution is 2.34.